The first-order valence-corrected chi connectivity index (χ1v) is 9.43. The Morgan fingerprint density at radius 2 is 1.78 bits per heavy atom. The molecule has 0 saturated heterocycles. The lowest BCUT2D eigenvalue weighted by Gasteiger charge is -2.27. The van der Waals surface area contributed by atoms with Crippen LogP contribution in [0.1, 0.15) is 89.3 Å². The minimum atomic E-state index is -0.0653. The molecule has 0 amide bonds. The molecule has 1 fully saturated rings. The summed E-state index contributed by atoms with van der Waals surface area (Å²) in [6.45, 7) is 8.69. The van der Waals surface area contributed by atoms with Gasteiger partial charge in [0, 0.05) is 23.1 Å². The zero-order valence-corrected chi connectivity index (χ0v) is 15.3. The van der Waals surface area contributed by atoms with Crippen LogP contribution in [0.5, 0.6) is 11.5 Å². The fourth-order valence-corrected chi connectivity index (χ4v) is 4.36. The second-order valence-corrected chi connectivity index (χ2v) is 8.60. The van der Waals surface area contributed by atoms with Crippen molar-refractivity contribution in [2.75, 3.05) is 0 Å². The first-order chi connectivity index (χ1) is 10.9. The normalized spacial score (nSPS) is 20.2. The Morgan fingerprint density at radius 1 is 1.13 bits per heavy atom. The maximum absolute atomic E-state index is 10.9. The van der Waals surface area contributed by atoms with Gasteiger partial charge in [0.1, 0.15) is 17.1 Å². The molecule has 3 rings (SSSR count). The Bertz CT molecular complexity index is 572. The largest absolute Gasteiger partial charge is 0.507 e. The molecule has 2 aliphatic rings. The van der Waals surface area contributed by atoms with Gasteiger partial charge in [0.15, 0.2) is 0 Å². The minimum Gasteiger partial charge on any atom is -0.507 e. The van der Waals surface area contributed by atoms with E-state index in [-0.39, 0.29) is 11.0 Å². The highest BCUT2D eigenvalue weighted by atomic mass is 16.5. The van der Waals surface area contributed by atoms with Gasteiger partial charge in [-0.15, -0.1) is 0 Å². The number of phenols is 1. The van der Waals surface area contributed by atoms with E-state index in [1.165, 1.54) is 44.1 Å². The summed E-state index contributed by atoms with van der Waals surface area (Å²) in [5.74, 6) is 1.57. The summed E-state index contributed by atoms with van der Waals surface area (Å²) in [6.07, 6.45) is 10.5. The van der Waals surface area contributed by atoms with E-state index in [1.807, 2.05) is 0 Å². The highest BCUT2D eigenvalue weighted by Gasteiger charge is 2.42. The molecular formula is C21H32O2. The van der Waals surface area contributed by atoms with Crippen LogP contribution in [-0.4, -0.2) is 10.7 Å². The first-order valence-electron chi connectivity index (χ1n) is 9.43. The van der Waals surface area contributed by atoms with E-state index in [9.17, 15) is 5.11 Å². The third-order valence-electron chi connectivity index (χ3n) is 5.63. The number of phenolic OH excluding ortho intramolecular Hbond substituents is 1. The van der Waals surface area contributed by atoms with Crippen LogP contribution in [-0.2, 0) is 18.3 Å². The van der Waals surface area contributed by atoms with E-state index >= 15 is 0 Å². The molecular weight excluding hydrogens is 284 g/mol. The molecule has 1 aromatic rings. The molecule has 2 heteroatoms. The van der Waals surface area contributed by atoms with Gasteiger partial charge in [-0.1, -0.05) is 47.0 Å². The predicted octanol–water partition coefficient (Wildman–Crippen LogP) is 5.67. The number of hydrogen-bond donors (Lipinski definition) is 1. The highest BCUT2D eigenvalue weighted by molar-refractivity contribution is 5.57. The summed E-state index contributed by atoms with van der Waals surface area (Å²) in [6, 6.07) is 2.13. The van der Waals surface area contributed by atoms with Crippen molar-refractivity contribution in [3.63, 3.8) is 0 Å². The summed E-state index contributed by atoms with van der Waals surface area (Å²) in [7, 11) is 0. The number of fused-ring (bicyclic) bond motifs is 1. The Balaban J connectivity index is 2.05. The van der Waals surface area contributed by atoms with Gasteiger partial charge in [-0.2, -0.15) is 0 Å². The topological polar surface area (TPSA) is 29.5 Å². The Labute approximate surface area is 141 Å². The van der Waals surface area contributed by atoms with Crippen LogP contribution in [0, 0.1) is 0 Å². The first kappa shape index (κ1) is 16.7. The second kappa shape index (κ2) is 6.03. The molecule has 0 aromatic heterocycles. The van der Waals surface area contributed by atoms with Gasteiger partial charge < -0.3 is 9.84 Å². The maximum atomic E-state index is 10.9. The fourth-order valence-electron chi connectivity index (χ4n) is 4.36. The minimum absolute atomic E-state index is 0.00424. The van der Waals surface area contributed by atoms with E-state index in [2.05, 4.69) is 33.8 Å². The summed E-state index contributed by atoms with van der Waals surface area (Å²) < 4.78 is 6.58. The van der Waals surface area contributed by atoms with Crippen molar-refractivity contribution in [2.45, 2.75) is 96.5 Å². The third kappa shape index (κ3) is 3.09. The van der Waals surface area contributed by atoms with Crippen molar-refractivity contribution in [2.24, 2.45) is 0 Å². The van der Waals surface area contributed by atoms with Crippen LogP contribution in [0.2, 0.25) is 0 Å². The molecule has 0 bridgehead atoms. The van der Waals surface area contributed by atoms with E-state index in [4.69, 9.17) is 4.74 Å². The number of aromatic hydroxyl groups is 1. The summed E-state index contributed by atoms with van der Waals surface area (Å²) in [4.78, 5) is 0. The zero-order valence-electron chi connectivity index (χ0n) is 15.3. The van der Waals surface area contributed by atoms with Gasteiger partial charge in [-0.05, 0) is 43.6 Å². The number of ether oxygens (including phenoxy) is 1. The molecule has 128 valence electrons. The summed E-state index contributed by atoms with van der Waals surface area (Å²) in [5, 5.41) is 10.9. The van der Waals surface area contributed by atoms with Gasteiger partial charge in [0.2, 0.25) is 0 Å². The quantitative estimate of drug-likeness (QED) is 0.761. The molecule has 1 aromatic carbocycles. The Hall–Kier alpha value is -1.18. The fraction of sp³-hybridized carbons (Fsp3) is 0.714. The molecule has 2 nitrogen and oxygen atoms in total. The van der Waals surface area contributed by atoms with Crippen molar-refractivity contribution in [1.29, 1.82) is 0 Å². The molecule has 0 unspecified atom stereocenters. The van der Waals surface area contributed by atoms with Crippen molar-refractivity contribution >= 4 is 0 Å². The summed E-state index contributed by atoms with van der Waals surface area (Å²) in [5.41, 5.74) is 3.41. The Kier molecular flexibility index (Phi) is 4.37. The SMILES string of the molecule is CCCc1c(O)c(C(C)(C)C)cc2c1CC1(CCCCCC1)O2. The number of hydrogen-bond acceptors (Lipinski definition) is 2. The van der Waals surface area contributed by atoms with Crippen LogP contribution in [0.4, 0.5) is 0 Å². The van der Waals surface area contributed by atoms with E-state index in [0.29, 0.717) is 5.75 Å². The van der Waals surface area contributed by atoms with E-state index in [0.717, 1.165) is 36.1 Å². The van der Waals surface area contributed by atoms with Crippen LogP contribution in [0.3, 0.4) is 0 Å². The van der Waals surface area contributed by atoms with Crippen molar-refractivity contribution in [1.82, 2.24) is 0 Å². The molecule has 1 aliphatic heterocycles. The third-order valence-corrected chi connectivity index (χ3v) is 5.63. The van der Waals surface area contributed by atoms with Crippen molar-refractivity contribution < 1.29 is 9.84 Å². The smallest absolute Gasteiger partial charge is 0.124 e. The van der Waals surface area contributed by atoms with Crippen molar-refractivity contribution in [3.8, 4) is 11.5 Å². The zero-order chi connectivity index (χ0) is 16.7. The predicted molar refractivity (Wildman–Crippen MR) is 95.6 cm³/mol. The van der Waals surface area contributed by atoms with Crippen LogP contribution in [0.25, 0.3) is 0 Å². The molecule has 0 atom stereocenters. The second-order valence-electron chi connectivity index (χ2n) is 8.60. The van der Waals surface area contributed by atoms with Gasteiger partial charge in [0.25, 0.3) is 0 Å². The van der Waals surface area contributed by atoms with Gasteiger partial charge in [-0.25, -0.2) is 0 Å². The van der Waals surface area contributed by atoms with Crippen LogP contribution >= 0.6 is 0 Å². The highest BCUT2D eigenvalue weighted by Crippen LogP contribution is 2.49. The lowest BCUT2D eigenvalue weighted by molar-refractivity contribution is 0.0771. The molecule has 0 radical (unpaired) electrons. The van der Waals surface area contributed by atoms with Gasteiger partial charge in [-0.3, -0.25) is 0 Å². The molecule has 1 aliphatic carbocycles. The average Bonchev–Trinajstić information content (AvgIpc) is 2.66. The molecule has 1 spiro atoms. The molecule has 1 heterocycles. The van der Waals surface area contributed by atoms with Crippen LogP contribution < -0.4 is 4.74 Å². The monoisotopic (exact) mass is 316 g/mol. The van der Waals surface area contributed by atoms with Crippen LogP contribution in [0.15, 0.2) is 6.07 Å². The van der Waals surface area contributed by atoms with Gasteiger partial charge in [0.05, 0.1) is 0 Å². The average molecular weight is 316 g/mol. The molecule has 1 N–H and O–H groups in total. The number of benzene rings is 1. The molecule has 1 saturated carbocycles. The number of rotatable bonds is 2. The Morgan fingerprint density at radius 3 is 2.35 bits per heavy atom. The van der Waals surface area contributed by atoms with Crippen molar-refractivity contribution in [3.05, 3.63) is 22.8 Å². The van der Waals surface area contributed by atoms with E-state index < -0.39 is 0 Å². The summed E-state index contributed by atoms with van der Waals surface area (Å²) >= 11 is 0. The van der Waals surface area contributed by atoms with Gasteiger partial charge >= 0.3 is 0 Å². The maximum Gasteiger partial charge on any atom is 0.124 e. The lowest BCUT2D eigenvalue weighted by atomic mass is 9.81. The van der Waals surface area contributed by atoms with E-state index in [1.54, 1.807) is 0 Å². The standard InChI is InChI=1S/C21H32O2/c1-5-10-15-16-14-21(11-8-6-7-9-12-21)23-18(16)13-17(19(15)22)20(2,3)4/h13,22H,5-12,14H2,1-4H3. The molecule has 23 heavy (non-hydrogen) atoms. The lowest BCUT2D eigenvalue weighted by Crippen LogP contribution is -2.33.